The standard InChI is InChI=1S/C14H10BrF4N/c1-20-14(9-3-2-7(15)4-10(9)17)13-11(18)5-8(16)6-12(13)19/h2-6,14,20H,1H3. The van der Waals surface area contributed by atoms with Gasteiger partial charge in [0.25, 0.3) is 0 Å². The lowest BCUT2D eigenvalue weighted by Crippen LogP contribution is -2.21. The van der Waals surface area contributed by atoms with Gasteiger partial charge in [-0.25, -0.2) is 17.6 Å². The Hall–Kier alpha value is -1.40. The van der Waals surface area contributed by atoms with Crippen molar-refractivity contribution in [3.63, 3.8) is 0 Å². The van der Waals surface area contributed by atoms with Crippen LogP contribution in [0.15, 0.2) is 34.8 Å². The summed E-state index contributed by atoms with van der Waals surface area (Å²) < 4.78 is 55.0. The van der Waals surface area contributed by atoms with Crippen molar-refractivity contribution in [2.45, 2.75) is 6.04 Å². The average Bonchev–Trinajstić information content (AvgIpc) is 2.34. The van der Waals surface area contributed by atoms with Gasteiger partial charge >= 0.3 is 0 Å². The van der Waals surface area contributed by atoms with Crippen LogP contribution in [-0.4, -0.2) is 7.05 Å². The molecular formula is C14H10BrF4N. The van der Waals surface area contributed by atoms with E-state index in [-0.39, 0.29) is 5.56 Å². The van der Waals surface area contributed by atoms with Gasteiger partial charge < -0.3 is 5.32 Å². The van der Waals surface area contributed by atoms with Crippen molar-refractivity contribution in [1.82, 2.24) is 5.32 Å². The molecule has 1 atom stereocenters. The van der Waals surface area contributed by atoms with Crippen LogP contribution in [0.2, 0.25) is 0 Å². The van der Waals surface area contributed by atoms with Gasteiger partial charge in [0.2, 0.25) is 0 Å². The van der Waals surface area contributed by atoms with Gasteiger partial charge in [-0.15, -0.1) is 0 Å². The molecular weight excluding hydrogens is 338 g/mol. The van der Waals surface area contributed by atoms with Crippen LogP contribution >= 0.6 is 15.9 Å². The first-order valence-electron chi connectivity index (χ1n) is 5.70. The molecule has 0 aromatic heterocycles. The molecule has 106 valence electrons. The topological polar surface area (TPSA) is 12.0 Å². The summed E-state index contributed by atoms with van der Waals surface area (Å²) in [6.07, 6.45) is 0. The third-order valence-corrected chi connectivity index (χ3v) is 3.39. The van der Waals surface area contributed by atoms with E-state index in [9.17, 15) is 17.6 Å². The van der Waals surface area contributed by atoms with Crippen molar-refractivity contribution in [1.29, 1.82) is 0 Å². The summed E-state index contributed by atoms with van der Waals surface area (Å²) in [5.74, 6) is -3.77. The maximum Gasteiger partial charge on any atom is 0.134 e. The molecule has 0 heterocycles. The summed E-state index contributed by atoms with van der Waals surface area (Å²) in [4.78, 5) is 0. The molecule has 2 rings (SSSR count). The largest absolute Gasteiger partial charge is 0.309 e. The number of nitrogens with one attached hydrogen (secondary N) is 1. The summed E-state index contributed by atoms with van der Waals surface area (Å²) in [5, 5.41) is 2.64. The van der Waals surface area contributed by atoms with Crippen molar-refractivity contribution < 1.29 is 17.6 Å². The fraction of sp³-hybridized carbons (Fsp3) is 0.143. The molecule has 0 spiro atoms. The first-order valence-corrected chi connectivity index (χ1v) is 6.50. The number of benzene rings is 2. The van der Waals surface area contributed by atoms with Crippen LogP contribution in [0.1, 0.15) is 17.2 Å². The zero-order valence-corrected chi connectivity index (χ0v) is 11.9. The van der Waals surface area contributed by atoms with Gasteiger partial charge in [-0.1, -0.05) is 22.0 Å². The van der Waals surface area contributed by atoms with Crippen LogP contribution in [0, 0.1) is 23.3 Å². The zero-order valence-electron chi connectivity index (χ0n) is 10.4. The smallest absolute Gasteiger partial charge is 0.134 e. The van der Waals surface area contributed by atoms with Crippen LogP contribution in [0.5, 0.6) is 0 Å². The maximum absolute atomic E-state index is 13.9. The van der Waals surface area contributed by atoms with Crippen LogP contribution in [0.3, 0.4) is 0 Å². The van der Waals surface area contributed by atoms with E-state index in [0.717, 1.165) is 0 Å². The fourth-order valence-electron chi connectivity index (χ4n) is 2.02. The van der Waals surface area contributed by atoms with E-state index in [4.69, 9.17) is 0 Å². The Morgan fingerprint density at radius 1 is 0.950 bits per heavy atom. The Morgan fingerprint density at radius 3 is 2.05 bits per heavy atom. The number of hydrogen-bond donors (Lipinski definition) is 1. The van der Waals surface area contributed by atoms with E-state index in [1.807, 2.05) is 0 Å². The molecule has 0 aliphatic rings. The van der Waals surface area contributed by atoms with Gasteiger partial charge in [0.1, 0.15) is 23.3 Å². The van der Waals surface area contributed by atoms with Gasteiger partial charge in [-0.3, -0.25) is 0 Å². The van der Waals surface area contributed by atoms with E-state index in [0.29, 0.717) is 16.6 Å². The lowest BCUT2D eigenvalue weighted by molar-refractivity contribution is 0.491. The minimum atomic E-state index is -1.07. The van der Waals surface area contributed by atoms with E-state index in [2.05, 4.69) is 21.2 Å². The highest BCUT2D eigenvalue weighted by Crippen LogP contribution is 2.30. The second-order valence-electron chi connectivity index (χ2n) is 4.17. The molecule has 0 aliphatic heterocycles. The van der Waals surface area contributed by atoms with Crippen molar-refractivity contribution in [2.75, 3.05) is 7.05 Å². The predicted molar refractivity (Wildman–Crippen MR) is 71.3 cm³/mol. The predicted octanol–water partition coefficient (Wildman–Crippen LogP) is 4.31. The highest BCUT2D eigenvalue weighted by molar-refractivity contribution is 9.10. The quantitative estimate of drug-likeness (QED) is 0.815. The summed E-state index contributed by atoms with van der Waals surface area (Å²) in [7, 11) is 1.44. The van der Waals surface area contributed by atoms with Gasteiger partial charge in [-0.05, 0) is 19.2 Å². The summed E-state index contributed by atoms with van der Waals surface area (Å²) in [6, 6.07) is 4.24. The minimum absolute atomic E-state index is 0.0695. The van der Waals surface area contributed by atoms with Crippen molar-refractivity contribution in [3.05, 3.63) is 69.2 Å². The Kier molecular flexibility index (Phi) is 4.45. The second-order valence-corrected chi connectivity index (χ2v) is 5.09. The number of hydrogen-bond acceptors (Lipinski definition) is 1. The van der Waals surface area contributed by atoms with Crippen LogP contribution in [0.25, 0.3) is 0 Å². The van der Waals surface area contributed by atoms with Gasteiger partial charge in [0.15, 0.2) is 0 Å². The van der Waals surface area contributed by atoms with E-state index >= 15 is 0 Å². The first kappa shape index (κ1) is 15.0. The average molecular weight is 348 g/mol. The second kappa shape index (κ2) is 5.93. The molecule has 0 bridgehead atoms. The lowest BCUT2D eigenvalue weighted by atomic mass is 9.97. The van der Waals surface area contributed by atoms with Crippen molar-refractivity contribution in [2.24, 2.45) is 0 Å². The molecule has 2 aromatic carbocycles. The third-order valence-electron chi connectivity index (χ3n) is 2.89. The van der Waals surface area contributed by atoms with Crippen LogP contribution in [-0.2, 0) is 0 Å². The molecule has 0 amide bonds. The van der Waals surface area contributed by atoms with Gasteiger partial charge in [-0.2, -0.15) is 0 Å². The molecule has 6 heteroatoms. The first-order chi connectivity index (χ1) is 9.43. The molecule has 0 saturated heterocycles. The number of rotatable bonds is 3. The summed E-state index contributed by atoms with van der Waals surface area (Å²) >= 11 is 3.10. The van der Waals surface area contributed by atoms with Crippen molar-refractivity contribution >= 4 is 15.9 Å². The molecule has 20 heavy (non-hydrogen) atoms. The monoisotopic (exact) mass is 347 g/mol. The highest BCUT2D eigenvalue weighted by Gasteiger charge is 2.24. The molecule has 0 aliphatic carbocycles. The van der Waals surface area contributed by atoms with Crippen molar-refractivity contribution in [3.8, 4) is 0 Å². The van der Waals surface area contributed by atoms with Crippen LogP contribution in [0.4, 0.5) is 17.6 Å². The Bertz CT molecular complexity index is 622. The normalized spacial score (nSPS) is 12.5. The molecule has 0 fully saturated rings. The Balaban J connectivity index is 2.58. The van der Waals surface area contributed by atoms with Gasteiger partial charge in [0.05, 0.1) is 6.04 Å². The molecule has 1 nitrogen and oxygen atoms in total. The van der Waals surface area contributed by atoms with E-state index in [1.165, 1.54) is 19.2 Å². The van der Waals surface area contributed by atoms with E-state index in [1.54, 1.807) is 6.07 Å². The molecule has 0 radical (unpaired) electrons. The molecule has 2 aromatic rings. The SMILES string of the molecule is CNC(c1ccc(Br)cc1F)c1c(F)cc(F)cc1F. The fourth-order valence-corrected chi connectivity index (χ4v) is 2.35. The number of halogens is 5. The Labute approximate surface area is 121 Å². The van der Waals surface area contributed by atoms with E-state index < -0.39 is 34.9 Å². The minimum Gasteiger partial charge on any atom is -0.309 e. The molecule has 1 N–H and O–H groups in total. The highest BCUT2D eigenvalue weighted by atomic mass is 79.9. The maximum atomic E-state index is 13.9. The third kappa shape index (κ3) is 2.86. The zero-order chi connectivity index (χ0) is 14.9. The van der Waals surface area contributed by atoms with Crippen LogP contribution < -0.4 is 5.32 Å². The lowest BCUT2D eigenvalue weighted by Gasteiger charge is -2.19. The summed E-state index contributed by atoms with van der Waals surface area (Å²) in [6.45, 7) is 0. The molecule has 1 unspecified atom stereocenters. The van der Waals surface area contributed by atoms with Gasteiger partial charge in [0, 0.05) is 27.7 Å². The summed E-state index contributed by atoms with van der Waals surface area (Å²) in [5.41, 5.74) is -0.352. The Morgan fingerprint density at radius 2 is 1.55 bits per heavy atom. The molecule has 0 saturated carbocycles.